The number of hydrogen-bond acceptors (Lipinski definition) is 3. The number of carbonyl (C=O) groups is 1. The fraction of sp³-hybridized carbons (Fsp3) is 0.800. The molecule has 0 spiro atoms. The molecule has 2 N–H and O–H groups in total. The molecule has 0 heterocycles. The molecule has 7 heteroatoms. The molecule has 0 saturated carbocycles. The largest absolute Gasteiger partial charge is 0.465 e. The maximum absolute atomic E-state index is 10.8. The van der Waals surface area contributed by atoms with Crippen LogP contribution in [0, 0.1) is 0 Å². The van der Waals surface area contributed by atoms with Crippen molar-refractivity contribution in [3.05, 3.63) is 0 Å². The molecule has 0 atom stereocenters. The summed E-state index contributed by atoms with van der Waals surface area (Å²) in [6, 6.07) is 0. The Hall–Kier alpha value is -0.820. The molecule has 12 heavy (non-hydrogen) atoms. The van der Waals surface area contributed by atoms with E-state index in [1.54, 1.807) is 0 Å². The predicted octanol–water partition coefficient (Wildman–Crippen LogP) is -0.855. The summed E-state index contributed by atoms with van der Waals surface area (Å²) in [6.07, 6.45) is -0.0924. The Balaban J connectivity index is 3.73. The van der Waals surface area contributed by atoms with Gasteiger partial charge in [0.05, 0.1) is 6.26 Å². The zero-order chi connectivity index (χ0) is 9.78. The van der Waals surface area contributed by atoms with Crippen molar-refractivity contribution in [1.29, 1.82) is 0 Å². The zero-order valence-electron chi connectivity index (χ0n) is 6.94. The first-order chi connectivity index (χ1) is 5.34. The van der Waals surface area contributed by atoms with E-state index in [-0.39, 0.29) is 13.1 Å². The quantitative estimate of drug-likeness (QED) is 0.613. The maximum Gasteiger partial charge on any atom is 0.404 e. The number of nitrogens with zero attached hydrogens (tertiary/aromatic N) is 1. The van der Waals surface area contributed by atoms with Gasteiger partial charge in [-0.15, -0.1) is 0 Å². The van der Waals surface area contributed by atoms with Gasteiger partial charge < -0.3 is 10.4 Å². The minimum atomic E-state index is -3.20. The van der Waals surface area contributed by atoms with E-state index in [0.29, 0.717) is 0 Å². The van der Waals surface area contributed by atoms with Crippen LogP contribution in [0.5, 0.6) is 0 Å². The van der Waals surface area contributed by atoms with Crippen LogP contribution in [0.4, 0.5) is 4.79 Å². The van der Waals surface area contributed by atoms with Gasteiger partial charge in [0.25, 0.3) is 0 Å². The van der Waals surface area contributed by atoms with Gasteiger partial charge in [-0.2, -0.15) is 0 Å². The fourth-order valence-electron chi connectivity index (χ4n) is 0.486. The van der Waals surface area contributed by atoms with Crippen molar-refractivity contribution in [2.75, 3.05) is 26.4 Å². The molecule has 0 unspecified atom stereocenters. The third kappa shape index (κ3) is 4.91. The van der Waals surface area contributed by atoms with E-state index in [0.717, 1.165) is 10.6 Å². The van der Waals surface area contributed by atoms with Gasteiger partial charge in [-0.3, -0.25) is 0 Å². The van der Waals surface area contributed by atoms with Crippen LogP contribution < -0.4 is 5.32 Å². The van der Waals surface area contributed by atoms with Crippen LogP contribution in [0.25, 0.3) is 0 Å². The molecular weight excluding hydrogens is 184 g/mol. The third-order valence-electron chi connectivity index (χ3n) is 1.27. The molecule has 0 saturated heterocycles. The molecule has 0 fully saturated rings. The summed E-state index contributed by atoms with van der Waals surface area (Å²) in [5.41, 5.74) is 0. The molecule has 6 nitrogen and oxygen atoms in total. The first-order valence-corrected chi connectivity index (χ1v) is 5.07. The second-order valence-electron chi connectivity index (χ2n) is 2.32. The summed E-state index contributed by atoms with van der Waals surface area (Å²) >= 11 is 0. The summed E-state index contributed by atoms with van der Waals surface area (Å²) in [4.78, 5) is 9.95. The van der Waals surface area contributed by atoms with Gasteiger partial charge in [0.15, 0.2) is 0 Å². The van der Waals surface area contributed by atoms with E-state index in [4.69, 9.17) is 5.11 Å². The number of likely N-dealkylation sites (N-methyl/N-ethyl adjacent to an activating group) is 1. The van der Waals surface area contributed by atoms with Crippen LogP contribution in [-0.4, -0.2) is 50.3 Å². The average Bonchev–Trinajstić information content (AvgIpc) is 1.84. The molecule has 0 radical (unpaired) electrons. The van der Waals surface area contributed by atoms with Gasteiger partial charge in [0, 0.05) is 20.1 Å². The van der Waals surface area contributed by atoms with Crippen LogP contribution in [0.1, 0.15) is 0 Å². The highest BCUT2D eigenvalue weighted by Crippen LogP contribution is 1.89. The maximum atomic E-state index is 10.8. The fourth-order valence-corrected chi connectivity index (χ4v) is 0.909. The van der Waals surface area contributed by atoms with Crippen molar-refractivity contribution in [3.63, 3.8) is 0 Å². The minimum Gasteiger partial charge on any atom is -0.465 e. The van der Waals surface area contributed by atoms with E-state index < -0.39 is 16.1 Å². The lowest BCUT2D eigenvalue weighted by atomic mass is 10.6. The Morgan fingerprint density at radius 2 is 2.08 bits per heavy atom. The number of amides is 1. The van der Waals surface area contributed by atoms with Gasteiger partial charge in [-0.05, 0) is 0 Å². The van der Waals surface area contributed by atoms with E-state index in [1.165, 1.54) is 7.05 Å². The van der Waals surface area contributed by atoms with Crippen molar-refractivity contribution >= 4 is 16.1 Å². The molecule has 0 aliphatic heterocycles. The average molecular weight is 196 g/mol. The van der Waals surface area contributed by atoms with Crippen molar-refractivity contribution in [2.24, 2.45) is 0 Å². The van der Waals surface area contributed by atoms with Crippen molar-refractivity contribution in [1.82, 2.24) is 9.62 Å². The van der Waals surface area contributed by atoms with E-state index in [1.807, 2.05) is 0 Å². The number of sulfonamides is 1. The van der Waals surface area contributed by atoms with Gasteiger partial charge >= 0.3 is 6.09 Å². The first-order valence-electron chi connectivity index (χ1n) is 3.22. The second-order valence-corrected chi connectivity index (χ2v) is 4.41. The van der Waals surface area contributed by atoms with Crippen LogP contribution in [0.15, 0.2) is 0 Å². The Kier molecular flexibility index (Phi) is 3.98. The van der Waals surface area contributed by atoms with E-state index in [9.17, 15) is 13.2 Å². The van der Waals surface area contributed by atoms with Gasteiger partial charge in [-0.25, -0.2) is 17.5 Å². The summed E-state index contributed by atoms with van der Waals surface area (Å²) in [5.74, 6) is 0. The predicted molar refractivity (Wildman–Crippen MR) is 43.5 cm³/mol. The Morgan fingerprint density at radius 3 is 2.42 bits per heavy atom. The molecule has 0 aliphatic rings. The van der Waals surface area contributed by atoms with Crippen molar-refractivity contribution < 1.29 is 18.3 Å². The van der Waals surface area contributed by atoms with Gasteiger partial charge in [-0.1, -0.05) is 0 Å². The Bertz CT molecular complexity index is 248. The summed E-state index contributed by atoms with van der Waals surface area (Å²) in [5, 5.41) is 10.2. The lowest BCUT2D eigenvalue weighted by Crippen LogP contribution is -2.34. The van der Waals surface area contributed by atoms with E-state index in [2.05, 4.69) is 5.32 Å². The molecule has 0 aliphatic carbocycles. The monoisotopic (exact) mass is 196 g/mol. The Morgan fingerprint density at radius 1 is 1.58 bits per heavy atom. The van der Waals surface area contributed by atoms with Crippen molar-refractivity contribution in [3.8, 4) is 0 Å². The van der Waals surface area contributed by atoms with Crippen LogP contribution in [0.3, 0.4) is 0 Å². The molecule has 1 amide bonds. The second kappa shape index (κ2) is 4.27. The molecule has 0 rings (SSSR count). The number of nitrogens with one attached hydrogen (secondary N) is 1. The Labute approximate surface area is 71.2 Å². The SMILES string of the molecule is CN(CCNC(=O)O)S(C)(=O)=O. The normalized spacial score (nSPS) is 11.6. The van der Waals surface area contributed by atoms with Crippen molar-refractivity contribution in [2.45, 2.75) is 0 Å². The number of hydrogen-bond donors (Lipinski definition) is 2. The molecule has 0 aromatic heterocycles. The standard InChI is InChI=1S/C5H12N2O4S/c1-7(12(2,10)11)4-3-6-5(8)9/h6H,3-4H2,1-2H3,(H,8,9). The first kappa shape index (κ1) is 11.2. The number of carboxylic acid groups (broad SMARTS) is 1. The highest BCUT2D eigenvalue weighted by Gasteiger charge is 2.09. The molecule has 0 aromatic carbocycles. The lowest BCUT2D eigenvalue weighted by Gasteiger charge is -2.12. The van der Waals surface area contributed by atoms with Crippen LogP contribution in [0.2, 0.25) is 0 Å². The lowest BCUT2D eigenvalue weighted by molar-refractivity contribution is 0.194. The number of rotatable bonds is 4. The minimum absolute atomic E-state index is 0.0961. The van der Waals surface area contributed by atoms with Crippen LogP contribution in [-0.2, 0) is 10.0 Å². The topological polar surface area (TPSA) is 86.7 Å². The summed E-state index contributed by atoms with van der Waals surface area (Å²) in [7, 11) is -1.81. The molecule has 72 valence electrons. The van der Waals surface area contributed by atoms with Gasteiger partial charge in [0.2, 0.25) is 10.0 Å². The summed E-state index contributed by atoms with van der Waals surface area (Å²) < 4.78 is 22.6. The smallest absolute Gasteiger partial charge is 0.404 e. The highest BCUT2D eigenvalue weighted by atomic mass is 32.2. The van der Waals surface area contributed by atoms with Crippen LogP contribution >= 0.6 is 0 Å². The molecule has 0 bridgehead atoms. The highest BCUT2D eigenvalue weighted by molar-refractivity contribution is 7.88. The zero-order valence-corrected chi connectivity index (χ0v) is 7.76. The molecule has 0 aromatic rings. The molecular formula is C5H12N2O4S. The van der Waals surface area contributed by atoms with E-state index >= 15 is 0 Å². The van der Waals surface area contributed by atoms with Gasteiger partial charge in [0.1, 0.15) is 0 Å². The third-order valence-corrected chi connectivity index (χ3v) is 2.58. The summed E-state index contributed by atoms with van der Waals surface area (Å²) in [6.45, 7) is 0.240.